The van der Waals surface area contributed by atoms with Crippen LogP contribution >= 0.6 is 0 Å². The molecular weight excluding hydrogens is 236 g/mol. The van der Waals surface area contributed by atoms with E-state index < -0.39 is 0 Å². The van der Waals surface area contributed by atoms with Gasteiger partial charge in [0.15, 0.2) is 0 Å². The SMILES string of the molecule is CC#CCCC/C=C/C12CC(=O)CC1C(C)[C@@H](O)C2. The molecular formula is C17H24O2. The van der Waals surface area contributed by atoms with Crippen LogP contribution < -0.4 is 0 Å². The van der Waals surface area contributed by atoms with E-state index in [-0.39, 0.29) is 17.4 Å². The molecule has 4 atom stereocenters. The fourth-order valence-corrected chi connectivity index (χ4v) is 3.80. The molecule has 2 nitrogen and oxygen atoms in total. The van der Waals surface area contributed by atoms with Crippen molar-refractivity contribution in [2.24, 2.45) is 17.3 Å². The van der Waals surface area contributed by atoms with Crippen LogP contribution in [0.2, 0.25) is 0 Å². The van der Waals surface area contributed by atoms with Crippen molar-refractivity contribution in [1.29, 1.82) is 0 Å². The van der Waals surface area contributed by atoms with E-state index in [0.29, 0.717) is 24.5 Å². The number of hydrogen-bond donors (Lipinski definition) is 1. The fraction of sp³-hybridized carbons (Fsp3) is 0.706. The van der Waals surface area contributed by atoms with E-state index >= 15 is 0 Å². The van der Waals surface area contributed by atoms with Crippen LogP contribution in [0.1, 0.15) is 52.4 Å². The normalized spacial score (nSPS) is 37.4. The minimum atomic E-state index is -0.242. The van der Waals surface area contributed by atoms with E-state index in [1.165, 1.54) is 0 Å². The maximum absolute atomic E-state index is 11.8. The molecule has 0 aromatic rings. The Bertz CT molecular complexity index is 426. The van der Waals surface area contributed by atoms with Crippen molar-refractivity contribution >= 4 is 5.78 Å². The Hall–Kier alpha value is -1.07. The first kappa shape index (κ1) is 14.3. The highest BCUT2D eigenvalue weighted by atomic mass is 16.3. The monoisotopic (exact) mass is 260 g/mol. The van der Waals surface area contributed by atoms with Gasteiger partial charge in [0.25, 0.3) is 0 Å². The van der Waals surface area contributed by atoms with Crippen LogP contribution in [0.25, 0.3) is 0 Å². The third kappa shape index (κ3) is 2.92. The first-order chi connectivity index (χ1) is 9.09. The van der Waals surface area contributed by atoms with Crippen LogP contribution in [0.3, 0.4) is 0 Å². The maximum atomic E-state index is 11.8. The molecule has 3 unspecified atom stereocenters. The number of carbonyl (C=O) groups is 1. The zero-order valence-electron chi connectivity index (χ0n) is 12.0. The number of carbonyl (C=O) groups excluding carboxylic acids is 1. The standard InChI is InChI=1S/C17H24O2/c1-3-4-5-6-7-8-9-17-11-14(18)10-15(17)13(2)16(19)12-17/h8-9,13,15-16,19H,5-7,10-12H2,1-2H3/b9-8+/t13?,15?,16-,17?/m0/s1. The Labute approximate surface area is 116 Å². The molecule has 19 heavy (non-hydrogen) atoms. The van der Waals surface area contributed by atoms with Gasteiger partial charge in [-0.1, -0.05) is 19.1 Å². The van der Waals surface area contributed by atoms with Crippen LogP contribution in [0, 0.1) is 29.1 Å². The number of Topliss-reactive ketones (excluding diaryl/α,β-unsaturated/α-hetero) is 1. The molecule has 0 spiro atoms. The molecule has 104 valence electrons. The fourth-order valence-electron chi connectivity index (χ4n) is 3.80. The van der Waals surface area contributed by atoms with Gasteiger partial charge in [-0.15, -0.1) is 11.8 Å². The number of fused-ring (bicyclic) bond motifs is 1. The molecule has 0 aromatic carbocycles. The third-order valence-electron chi connectivity index (χ3n) is 4.84. The Kier molecular flexibility index (Phi) is 4.47. The van der Waals surface area contributed by atoms with Crippen molar-refractivity contribution in [2.45, 2.75) is 58.5 Å². The zero-order chi connectivity index (χ0) is 13.9. The molecule has 0 amide bonds. The third-order valence-corrected chi connectivity index (χ3v) is 4.84. The van der Waals surface area contributed by atoms with Gasteiger partial charge in [-0.05, 0) is 38.0 Å². The highest BCUT2D eigenvalue weighted by molar-refractivity contribution is 5.82. The summed E-state index contributed by atoms with van der Waals surface area (Å²) in [6, 6.07) is 0. The number of rotatable bonds is 4. The van der Waals surface area contributed by atoms with E-state index in [1.807, 2.05) is 6.92 Å². The second-order valence-corrected chi connectivity index (χ2v) is 6.11. The maximum Gasteiger partial charge on any atom is 0.134 e. The second-order valence-electron chi connectivity index (χ2n) is 6.11. The van der Waals surface area contributed by atoms with E-state index in [4.69, 9.17) is 0 Å². The molecule has 2 heteroatoms. The van der Waals surface area contributed by atoms with Crippen LogP contribution in [0.15, 0.2) is 12.2 Å². The molecule has 2 aliphatic carbocycles. The number of aliphatic hydroxyl groups is 1. The van der Waals surface area contributed by atoms with Crippen LogP contribution in [0.5, 0.6) is 0 Å². The largest absolute Gasteiger partial charge is 0.393 e. The summed E-state index contributed by atoms with van der Waals surface area (Å²) < 4.78 is 0. The summed E-state index contributed by atoms with van der Waals surface area (Å²) in [6.07, 6.45) is 9.27. The van der Waals surface area contributed by atoms with Gasteiger partial charge in [0.2, 0.25) is 0 Å². The molecule has 0 radical (unpaired) electrons. The highest BCUT2D eigenvalue weighted by Gasteiger charge is 2.54. The molecule has 0 bridgehead atoms. The predicted octanol–water partition coefficient (Wildman–Crippen LogP) is 3.10. The van der Waals surface area contributed by atoms with Crippen LogP contribution in [-0.2, 0) is 4.79 Å². The zero-order valence-corrected chi connectivity index (χ0v) is 12.0. The van der Waals surface area contributed by atoms with Crippen LogP contribution in [-0.4, -0.2) is 17.0 Å². The van der Waals surface area contributed by atoms with Gasteiger partial charge in [0, 0.05) is 24.7 Å². The summed E-state index contributed by atoms with van der Waals surface area (Å²) in [4.78, 5) is 11.8. The van der Waals surface area contributed by atoms with E-state index in [9.17, 15) is 9.90 Å². The van der Waals surface area contributed by atoms with E-state index in [0.717, 1.165) is 25.7 Å². The van der Waals surface area contributed by atoms with Gasteiger partial charge in [-0.2, -0.15) is 0 Å². The summed E-state index contributed by atoms with van der Waals surface area (Å²) in [5.41, 5.74) is -0.0493. The van der Waals surface area contributed by atoms with E-state index in [1.54, 1.807) is 0 Å². The summed E-state index contributed by atoms with van der Waals surface area (Å²) in [7, 11) is 0. The van der Waals surface area contributed by atoms with Crippen molar-refractivity contribution < 1.29 is 9.90 Å². The number of unbranched alkanes of at least 4 members (excludes halogenated alkanes) is 2. The highest BCUT2D eigenvalue weighted by Crippen LogP contribution is 2.56. The number of hydrogen-bond acceptors (Lipinski definition) is 2. The first-order valence-corrected chi connectivity index (χ1v) is 7.36. The predicted molar refractivity (Wildman–Crippen MR) is 76.4 cm³/mol. The Morgan fingerprint density at radius 3 is 3.05 bits per heavy atom. The summed E-state index contributed by atoms with van der Waals surface area (Å²) in [5, 5.41) is 10.1. The average molecular weight is 260 g/mol. The lowest BCUT2D eigenvalue weighted by molar-refractivity contribution is -0.118. The second kappa shape index (κ2) is 5.92. The summed E-state index contributed by atoms with van der Waals surface area (Å²) in [5.74, 6) is 6.93. The van der Waals surface area contributed by atoms with Gasteiger partial charge in [0.1, 0.15) is 5.78 Å². The lowest BCUT2D eigenvalue weighted by Gasteiger charge is -2.25. The Morgan fingerprint density at radius 1 is 1.53 bits per heavy atom. The van der Waals surface area contributed by atoms with Crippen molar-refractivity contribution in [3.05, 3.63) is 12.2 Å². The molecule has 2 fully saturated rings. The van der Waals surface area contributed by atoms with Crippen molar-refractivity contribution in [2.75, 3.05) is 0 Å². The van der Waals surface area contributed by atoms with E-state index in [2.05, 4.69) is 30.9 Å². The molecule has 0 heterocycles. The minimum absolute atomic E-state index is 0.0493. The van der Waals surface area contributed by atoms with Crippen molar-refractivity contribution in [3.8, 4) is 11.8 Å². The number of allylic oxidation sites excluding steroid dienone is 2. The van der Waals surface area contributed by atoms with Gasteiger partial charge in [-0.3, -0.25) is 4.79 Å². The quantitative estimate of drug-likeness (QED) is 0.479. The number of ketones is 1. The van der Waals surface area contributed by atoms with Gasteiger partial charge in [-0.25, -0.2) is 0 Å². The molecule has 2 rings (SSSR count). The first-order valence-electron chi connectivity index (χ1n) is 7.36. The molecule has 0 aromatic heterocycles. The van der Waals surface area contributed by atoms with Crippen LogP contribution in [0.4, 0.5) is 0 Å². The smallest absolute Gasteiger partial charge is 0.134 e. The lowest BCUT2D eigenvalue weighted by Crippen LogP contribution is -2.19. The van der Waals surface area contributed by atoms with Gasteiger partial charge >= 0.3 is 0 Å². The van der Waals surface area contributed by atoms with Gasteiger partial charge < -0.3 is 5.11 Å². The Balaban J connectivity index is 1.97. The molecule has 0 aliphatic heterocycles. The minimum Gasteiger partial charge on any atom is -0.393 e. The summed E-state index contributed by atoms with van der Waals surface area (Å²) in [6.45, 7) is 3.95. The molecule has 2 aliphatic rings. The molecule has 0 saturated heterocycles. The Morgan fingerprint density at radius 2 is 2.32 bits per heavy atom. The number of aliphatic hydroxyl groups excluding tert-OH is 1. The molecule has 2 saturated carbocycles. The topological polar surface area (TPSA) is 37.3 Å². The average Bonchev–Trinajstić information content (AvgIpc) is 2.79. The van der Waals surface area contributed by atoms with Gasteiger partial charge in [0.05, 0.1) is 6.10 Å². The van der Waals surface area contributed by atoms with Crippen molar-refractivity contribution in [3.63, 3.8) is 0 Å². The lowest BCUT2D eigenvalue weighted by atomic mass is 9.78. The molecule has 1 N–H and O–H groups in total. The summed E-state index contributed by atoms with van der Waals surface area (Å²) >= 11 is 0. The van der Waals surface area contributed by atoms with Crippen molar-refractivity contribution in [1.82, 2.24) is 0 Å².